The average Bonchev–Trinajstić information content (AvgIpc) is 3.03. The molecule has 0 atom stereocenters. The molecule has 0 saturated carbocycles. The van der Waals surface area contributed by atoms with Crippen LogP contribution in [0.15, 0.2) is 43.0 Å². The second-order valence-electron chi connectivity index (χ2n) is 5.06. The predicted molar refractivity (Wildman–Crippen MR) is 90.9 cm³/mol. The lowest BCUT2D eigenvalue weighted by molar-refractivity contribution is 0.155. The summed E-state index contributed by atoms with van der Waals surface area (Å²) in [6.07, 6.45) is 3.26. The zero-order chi connectivity index (χ0) is 16.8. The van der Waals surface area contributed by atoms with Crippen LogP contribution in [0.4, 0.5) is 10.6 Å². The van der Waals surface area contributed by atoms with Crippen molar-refractivity contribution in [2.75, 3.05) is 11.2 Å². The van der Waals surface area contributed by atoms with Crippen LogP contribution in [0, 0.1) is 0 Å². The number of halogens is 1. The molecule has 2 aromatic heterocycles. The molecule has 0 radical (unpaired) electrons. The van der Waals surface area contributed by atoms with Gasteiger partial charge in [0.05, 0.1) is 6.33 Å². The minimum absolute atomic E-state index is 0.186. The number of imidazole rings is 1. The van der Waals surface area contributed by atoms with Crippen LogP contribution < -0.4 is 5.32 Å². The van der Waals surface area contributed by atoms with Gasteiger partial charge in [0, 0.05) is 12.4 Å². The summed E-state index contributed by atoms with van der Waals surface area (Å²) in [4.78, 5) is 24.5. The SMILES string of the molecule is O=C(Nc1ncnc2c1ncn2CCCCl)OCc1ccccc1. The summed E-state index contributed by atoms with van der Waals surface area (Å²) in [5, 5.41) is 2.61. The zero-order valence-corrected chi connectivity index (χ0v) is 13.6. The molecular formula is C16H16ClN5O2. The topological polar surface area (TPSA) is 81.9 Å². The molecule has 24 heavy (non-hydrogen) atoms. The second-order valence-corrected chi connectivity index (χ2v) is 5.44. The Morgan fingerprint density at radius 1 is 1.21 bits per heavy atom. The van der Waals surface area contributed by atoms with Crippen molar-refractivity contribution in [1.82, 2.24) is 19.5 Å². The van der Waals surface area contributed by atoms with Gasteiger partial charge in [0.15, 0.2) is 17.0 Å². The molecule has 0 spiro atoms. The molecule has 0 fully saturated rings. The lowest BCUT2D eigenvalue weighted by atomic mass is 10.2. The standard InChI is InChI=1S/C16H16ClN5O2/c17-7-4-8-22-11-20-13-14(18-10-19-15(13)22)21-16(23)24-9-12-5-2-1-3-6-12/h1-3,5-6,10-11H,4,7-9H2,(H,18,19,21,23). The Hall–Kier alpha value is -2.67. The van der Waals surface area contributed by atoms with Crippen LogP contribution >= 0.6 is 11.6 Å². The third-order valence-corrected chi connectivity index (χ3v) is 3.63. The number of hydrogen-bond donors (Lipinski definition) is 1. The summed E-state index contributed by atoms with van der Waals surface area (Å²) in [5.41, 5.74) is 2.07. The summed E-state index contributed by atoms with van der Waals surface area (Å²) in [7, 11) is 0. The number of carbonyl (C=O) groups is 1. The molecule has 7 nitrogen and oxygen atoms in total. The van der Waals surface area contributed by atoms with Crippen molar-refractivity contribution in [2.24, 2.45) is 0 Å². The van der Waals surface area contributed by atoms with Crippen molar-refractivity contribution in [1.29, 1.82) is 0 Å². The number of fused-ring (bicyclic) bond motifs is 1. The van der Waals surface area contributed by atoms with E-state index in [1.165, 1.54) is 6.33 Å². The Morgan fingerprint density at radius 2 is 2.04 bits per heavy atom. The summed E-state index contributed by atoms with van der Waals surface area (Å²) in [6.45, 7) is 0.889. The molecule has 8 heteroatoms. The van der Waals surface area contributed by atoms with Crippen LogP contribution in [-0.4, -0.2) is 31.5 Å². The quantitative estimate of drug-likeness (QED) is 0.694. The van der Waals surface area contributed by atoms with E-state index in [0.717, 1.165) is 12.0 Å². The number of hydrogen-bond acceptors (Lipinski definition) is 5. The fourth-order valence-electron chi connectivity index (χ4n) is 2.22. The first-order valence-electron chi connectivity index (χ1n) is 7.47. The third kappa shape index (κ3) is 3.80. The van der Waals surface area contributed by atoms with Gasteiger partial charge < -0.3 is 9.30 Å². The number of amides is 1. The number of ether oxygens (including phenoxy) is 1. The third-order valence-electron chi connectivity index (χ3n) is 3.37. The lowest BCUT2D eigenvalue weighted by Gasteiger charge is -2.07. The van der Waals surface area contributed by atoms with E-state index in [-0.39, 0.29) is 6.61 Å². The van der Waals surface area contributed by atoms with E-state index >= 15 is 0 Å². The number of benzene rings is 1. The highest BCUT2D eigenvalue weighted by Crippen LogP contribution is 2.18. The first-order valence-corrected chi connectivity index (χ1v) is 8.01. The van der Waals surface area contributed by atoms with Gasteiger partial charge in [0.2, 0.25) is 0 Å². The number of alkyl halides is 1. The first-order chi connectivity index (χ1) is 11.8. The molecule has 0 unspecified atom stereocenters. The van der Waals surface area contributed by atoms with Gasteiger partial charge in [-0.05, 0) is 12.0 Å². The number of carbonyl (C=O) groups excluding carboxylic acids is 1. The van der Waals surface area contributed by atoms with E-state index in [1.807, 2.05) is 34.9 Å². The van der Waals surface area contributed by atoms with Gasteiger partial charge in [0.1, 0.15) is 12.9 Å². The second kappa shape index (κ2) is 7.74. The van der Waals surface area contributed by atoms with Gasteiger partial charge in [-0.25, -0.2) is 19.7 Å². The molecule has 2 heterocycles. The van der Waals surface area contributed by atoms with Crippen LogP contribution in [0.1, 0.15) is 12.0 Å². The average molecular weight is 346 g/mol. The number of nitrogens with one attached hydrogen (secondary N) is 1. The van der Waals surface area contributed by atoms with Crippen LogP contribution in [-0.2, 0) is 17.9 Å². The van der Waals surface area contributed by atoms with Gasteiger partial charge in [-0.2, -0.15) is 0 Å². The molecule has 3 rings (SSSR count). The van der Waals surface area contributed by atoms with Crippen molar-refractivity contribution in [3.05, 3.63) is 48.5 Å². The maximum Gasteiger partial charge on any atom is 0.413 e. The van der Waals surface area contributed by atoms with Crippen molar-refractivity contribution in [3.8, 4) is 0 Å². The fraction of sp³-hybridized carbons (Fsp3) is 0.250. The molecule has 0 aliphatic heterocycles. The monoisotopic (exact) mass is 345 g/mol. The van der Waals surface area contributed by atoms with E-state index < -0.39 is 6.09 Å². The Kier molecular flexibility index (Phi) is 5.22. The molecule has 124 valence electrons. The molecule has 3 aromatic rings. The lowest BCUT2D eigenvalue weighted by Crippen LogP contribution is -2.15. The largest absolute Gasteiger partial charge is 0.444 e. The van der Waals surface area contributed by atoms with E-state index in [4.69, 9.17) is 16.3 Å². The Bertz CT molecular complexity index is 822. The van der Waals surface area contributed by atoms with E-state index in [9.17, 15) is 4.79 Å². The van der Waals surface area contributed by atoms with Gasteiger partial charge in [-0.15, -0.1) is 11.6 Å². The Morgan fingerprint density at radius 3 is 2.83 bits per heavy atom. The molecule has 0 aliphatic carbocycles. The highest BCUT2D eigenvalue weighted by atomic mass is 35.5. The fourth-order valence-corrected chi connectivity index (χ4v) is 2.34. The number of nitrogens with zero attached hydrogens (tertiary/aromatic N) is 4. The van der Waals surface area contributed by atoms with Crippen LogP contribution in [0.3, 0.4) is 0 Å². The minimum Gasteiger partial charge on any atom is -0.444 e. The van der Waals surface area contributed by atoms with E-state index in [1.54, 1.807) is 6.33 Å². The van der Waals surface area contributed by atoms with Crippen molar-refractivity contribution in [2.45, 2.75) is 19.6 Å². The molecule has 0 aliphatic rings. The highest BCUT2D eigenvalue weighted by Gasteiger charge is 2.13. The molecule has 1 amide bonds. The normalized spacial score (nSPS) is 10.7. The molecule has 1 N–H and O–H groups in total. The predicted octanol–water partition coefficient (Wildman–Crippen LogP) is 3.20. The minimum atomic E-state index is -0.589. The Balaban J connectivity index is 1.68. The van der Waals surface area contributed by atoms with E-state index in [0.29, 0.717) is 29.4 Å². The highest BCUT2D eigenvalue weighted by molar-refractivity contribution is 6.17. The van der Waals surface area contributed by atoms with Gasteiger partial charge in [-0.3, -0.25) is 5.32 Å². The summed E-state index contributed by atoms with van der Waals surface area (Å²) < 4.78 is 7.07. The van der Waals surface area contributed by atoms with Gasteiger partial charge in [0.25, 0.3) is 0 Å². The smallest absolute Gasteiger partial charge is 0.413 e. The first kappa shape index (κ1) is 16.2. The molecule has 0 saturated heterocycles. The maximum absolute atomic E-state index is 12.0. The summed E-state index contributed by atoms with van der Waals surface area (Å²) >= 11 is 5.71. The zero-order valence-electron chi connectivity index (χ0n) is 12.9. The maximum atomic E-state index is 12.0. The van der Waals surface area contributed by atoms with Crippen molar-refractivity contribution < 1.29 is 9.53 Å². The number of anilines is 1. The number of rotatable bonds is 6. The van der Waals surface area contributed by atoms with Gasteiger partial charge >= 0.3 is 6.09 Å². The molecule has 0 bridgehead atoms. The number of aryl methyl sites for hydroxylation is 1. The van der Waals surface area contributed by atoms with Crippen LogP contribution in [0.25, 0.3) is 11.2 Å². The van der Waals surface area contributed by atoms with Crippen LogP contribution in [0.5, 0.6) is 0 Å². The summed E-state index contributed by atoms with van der Waals surface area (Å²) in [5.74, 6) is 0.879. The van der Waals surface area contributed by atoms with Crippen molar-refractivity contribution >= 4 is 34.7 Å². The van der Waals surface area contributed by atoms with Gasteiger partial charge in [-0.1, -0.05) is 30.3 Å². The molecular weight excluding hydrogens is 330 g/mol. The number of aromatic nitrogens is 4. The van der Waals surface area contributed by atoms with E-state index in [2.05, 4.69) is 20.3 Å². The molecule has 1 aromatic carbocycles. The van der Waals surface area contributed by atoms with Crippen molar-refractivity contribution in [3.63, 3.8) is 0 Å². The van der Waals surface area contributed by atoms with Crippen LogP contribution in [0.2, 0.25) is 0 Å². The Labute approximate surface area is 143 Å². The summed E-state index contributed by atoms with van der Waals surface area (Å²) in [6, 6.07) is 9.45.